The maximum atomic E-state index is 12.6. The average molecular weight is 394 g/mol. The number of carbonyl (C=O) groups is 1. The van der Waals surface area contributed by atoms with E-state index in [1.807, 2.05) is 24.3 Å². The zero-order valence-corrected chi connectivity index (χ0v) is 16.9. The Bertz CT molecular complexity index is 1130. The molecule has 0 atom stereocenters. The van der Waals surface area contributed by atoms with Gasteiger partial charge in [-0.15, -0.1) is 0 Å². The molecule has 0 bridgehead atoms. The van der Waals surface area contributed by atoms with Gasteiger partial charge in [0.05, 0.1) is 16.2 Å². The summed E-state index contributed by atoms with van der Waals surface area (Å²) in [5, 5.41) is 8.96. The summed E-state index contributed by atoms with van der Waals surface area (Å²) in [6, 6.07) is 12.0. The second-order valence-corrected chi connectivity index (χ2v) is 9.70. The molecule has 0 saturated carbocycles. The molecule has 4 nitrogen and oxygen atoms in total. The van der Waals surface area contributed by atoms with E-state index in [2.05, 4.69) is 25.7 Å². The zero-order chi connectivity index (χ0) is 20.5. The van der Waals surface area contributed by atoms with Crippen LogP contribution in [0.25, 0.3) is 4.91 Å². The molecule has 0 radical (unpaired) electrons. The van der Waals surface area contributed by atoms with Crippen LogP contribution in [0, 0.1) is 11.8 Å². The fraction of sp³-hybridized carbons (Fsp3) is 0.261. The minimum Gasteiger partial charge on any atom is -0.478 e. The standard InChI is InChI=1S/C23H22O4S/c1-4-28(26,27)21-13-14-23(2,3)20-12-9-17(15-19(20)21)6-5-16-7-10-18(11-8-16)22(24)25/h7-13,15H,4,14H2,1-3H3,(H,24,25). The van der Waals surface area contributed by atoms with Crippen molar-refractivity contribution in [2.75, 3.05) is 5.75 Å². The number of aromatic carboxylic acids is 1. The fourth-order valence-corrected chi connectivity index (χ4v) is 4.43. The van der Waals surface area contributed by atoms with Crippen molar-refractivity contribution in [2.24, 2.45) is 0 Å². The van der Waals surface area contributed by atoms with Gasteiger partial charge in [0.25, 0.3) is 0 Å². The molecule has 1 aliphatic carbocycles. The lowest BCUT2D eigenvalue weighted by atomic mass is 9.75. The molecule has 0 fully saturated rings. The number of rotatable bonds is 3. The third kappa shape index (κ3) is 3.88. The number of hydrogen-bond acceptors (Lipinski definition) is 3. The van der Waals surface area contributed by atoms with Gasteiger partial charge in [0.2, 0.25) is 0 Å². The third-order valence-electron chi connectivity index (χ3n) is 5.01. The van der Waals surface area contributed by atoms with Crippen LogP contribution in [0.5, 0.6) is 0 Å². The Labute approximate surface area is 165 Å². The van der Waals surface area contributed by atoms with Crippen LogP contribution in [0.1, 0.15) is 59.8 Å². The molecule has 1 N–H and O–H groups in total. The van der Waals surface area contributed by atoms with E-state index >= 15 is 0 Å². The zero-order valence-electron chi connectivity index (χ0n) is 16.1. The van der Waals surface area contributed by atoms with E-state index in [0.717, 1.165) is 16.7 Å². The van der Waals surface area contributed by atoms with E-state index < -0.39 is 15.8 Å². The number of carboxylic acids is 1. The Morgan fingerprint density at radius 3 is 2.29 bits per heavy atom. The molecule has 1 aliphatic rings. The molecule has 0 spiro atoms. The van der Waals surface area contributed by atoms with E-state index in [1.54, 1.807) is 19.1 Å². The van der Waals surface area contributed by atoms with E-state index in [1.165, 1.54) is 12.1 Å². The van der Waals surface area contributed by atoms with Crippen molar-refractivity contribution in [1.29, 1.82) is 0 Å². The van der Waals surface area contributed by atoms with Gasteiger partial charge >= 0.3 is 5.97 Å². The van der Waals surface area contributed by atoms with Gasteiger partial charge in [0, 0.05) is 11.1 Å². The first-order valence-electron chi connectivity index (χ1n) is 9.07. The van der Waals surface area contributed by atoms with Crippen molar-refractivity contribution in [3.63, 3.8) is 0 Å². The summed E-state index contributed by atoms with van der Waals surface area (Å²) in [6.45, 7) is 5.86. The molecule has 0 amide bonds. The van der Waals surface area contributed by atoms with E-state index in [4.69, 9.17) is 5.11 Å². The SMILES string of the molecule is CCS(=O)(=O)C1=CCC(C)(C)c2ccc(C#Cc3ccc(C(=O)O)cc3)cc21. The minimum absolute atomic E-state index is 0.0601. The number of fused-ring (bicyclic) bond motifs is 1. The van der Waals surface area contributed by atoms with Crippen LogP contribution < -0.4 is 0 Å². The quantitative estimate of drug-likeness (QED) is 0.791. The Morgan fingerprint density at radius 1 is 1.07 bits per heavy atom. The Hall–Kier alpha value is -2.84. The number of carboxylic acid groups (broad SMARTS) is 1. The average Bonchev–Trinajstić information content (AvgIpc) is 2.66. The highest BCUT2D eigenvalue weighted by Crippen LogP contribution is 2.41. The first-order chi connectivity index (χ1) is 13.1. The topological polar surface area (TPSA) is 71.4 Å². The predicted molar refractivity (Wildman–Crippen MR) is 111 cm³/mol. The molecule has 2 aromatic carbocycles. The van der Waals surface area contributed by atoms with Crippen molar-refractivity contribution in [2.45, 2.75) is 32.6 Å². The van der Waals surface area contributed by atoms with Gasteiger partial charge in [0.1, 0.15) is 0 Å². The molecule has 5 heteroatoms. The minimum atomic E-state index is -3.32. The van der Waals surface area contributed by atoms with E-state index in [0.29, 0.717) is 16.9 Å². The van der Waals surface area contributed by atoms with Crippen LogP contribution >= 0.6 is 0 Å². The summed E-state index contributed by atoms with van der Waals surface area (Å²) >= 11 is 0. The maximum absolute atomic E-state index is 12.6. The summed E-state index contributed by atoms with van der Waals surface area (Å²) in [4.78, 5) is 11.3. The molecular weight excluding hydrogens is 372 g/mol. The monoisotopic (exact) mass is 394 g/mol. The van der Waals surface area contributed by atoms with Gasteiger partial charge in [-0.2, -0.15) is 0 Å². The summed E-state index contributed by atoms with van der Waals surface area (Å²) in [5.74, 6) is 5.15. The van der Waals surface area contributed by atoms with Gasteiger partial charge in [-0.25, -0.2) is 13.2 Å². The van der Waals surface area contributed by atoms with Crippen molar-refractivity contribution in [1.82, 2.24) is 0 Å². The molecule has 28 heavy (non-hydrogen) atoms. The number of allylic oxidation sites excluding steroid dienone is 1. The predicted octanol–water partition coefficient (Wildman–Crippen LogP) is 4.24. The van der Waals surface area contributed by atoms with E-state index in [9.17, 15) is 13.2 Å². The summed E-state index contributed by atoms with van der Waals surface area (Å²) in [6.07, 6.45) is 2.50. The lowest BCUT2D eigenvalue weighted by molar-refractivity contribution is 0.0697. The second kappa shape index (κ2) is 7.29. The summed E-state index contributed by atoms with van der Waals surface area (Å²) in [5.41, 5.74) is 3.22. The van der Waals surface area contributed by atoms with Crippen molar-refractivity contribution in [3.05, 3.63) is 76.4 Å². The molecular formula is C23H22O4S. The van der Waals surface area contributed by atoms with Gasteiger partial charge in [0.15, 0.2) is 9.84 Å². The summed E-state index contributed by atoms with van der Waals surface area (Å²) in [7, 11) is -3.32. The van der Waals surface area contributed by atoms with Crippen molar-refractivity contribution < 1.29 is 18.3 Å². The molecule has 0 aliphatic heterocycles. The molecule has 0 heterocycles. The molecule has 0 unspecified atom stereocenters. The first-order valence-corrected chi connectivity index (χ1v) is 10.7. The number of sulfone groups is 1. The highest BCUT2D eigenvalue weighted by molar-refractivity contribution is 8.00. The second-order valence-electron chi connectivity index (χ2n) is 7.45. The largest absolute Gasteiger partial charge is 0.478 e. The van der Waals surface area contributed by atoms with Crippen molar-refractivity contribution in [3.8, 4) is 11.8 Å². The fourth-order valence-electron chi connectivity index (χ4n) is 3.27. The number of hydrogen-bond donors (Lipinski definition) is 1. The highest BCUT2D eigenvalue weighted by atomic mass is 32.2. The molecule has 0 saturated heterocycles. The lowest BCUT2D eigenvalue weighted by Crippen LogP contribution is -2.24. The molecule has 0 aromatic heterocycles. The molecule has 3 rings (SSSR count). The third-order valence-corrected chi connectivity index (χ3v) is 6.83. The van der Waals surface area contributed by atoms with Crippen LogP contribution in [0.15, 0.2) is 48.5 Å². The molecule has 144 valence electrons. The Morgan fingerprint density at radius 2 is 1.68 bits per heavy atom. The van der Waals surface area contributed by atoms with Gasteiger partial charge in [-0.3, -0.25) is 0 Å². The van der Waals surface area contributed by atoms with Crippen LogP contribution in [-0.2, 0) is 15.3 Å². The lowest BCUT2D eigenvalue weighted by Gasteiger charge is -2.31. The van der Waals surface area contributed by atoms with Gasteiger partial charge in [-0.05, 0) is 59.4 Å². The smallest absolute Gasteiger partial charge is 0.335 e. The molecule has 2 aromatic rings. The Kier molecular flexibility index (Phi) is 5.18. The van der Waals surface area contributed by atoms with Crippen LogP contribution in [0.2, 0.25) is 0 Å². The van der Waals surface area contributed by atoms with Crippen molar-refractivity contribution >= 4 is 20.7 Å². The number of benzene rings is 2. The first kappa shape index (κ1) is 19.9. The van der Waals surface area contributed by atoms with Crippen LogP contribution in [0.4, 0.5) is 0 Å². The van der Waals surface area contributed by atoms with E-state index in [-0.39, 0.29) is 16.7 Å². The highest BCUT2D eigenvalue weighted by Gasteiger charge is 2.32. The van der Waals surface area contributed by atoms with Crippen LogP contribution in [-0.4, -0.2) is 25.2 Å². The van der Waals surface area contributed by atoms with Gasteiger partial charge in [-0.1, -0.05) is 44.8 Å². The van der Waals surface area contributed by atoms with Gasteiger partial charge < -0.3 is 5.11 Å². The Balaban J connectivity index is 2.02. The summed E-state index contributed by atoms with van der Waals surface area (Å²) < 4.78 is 25.1. The normalized spacial score (nSPS) is 15.0. The maximum Gasteiger partial charge on any atom is 0.335 e. The van der Waals surface area contributed by atoms with Crippen LogP contribution in [0.3, 0.4) is 0 Å².